The second-order valence-electron chi connectivity index (χ2n) is 4.58. The molecule has 0 fully saturated rings. The van der Waals surface area contributed by atoms with Crippen LogP contribution in [0, 0.1) is 10.1 Å². The fourth-order valence-electron chi connectivity index (χ4n) is 2.11. The third-order valence-corrected chi connectivity index (χ3v) is 4.47. The smallest absolute Gasteiger partial charge is 0.277 e. The van der Waals surface area contributed by atoms with Crippen LogP contribution in [0.3, 0.4) is 0 Å². The Bertz CT molecular complexity index is 859. The minimum Gasteiger partial charge on any atom is -0.453 e. The van der Waals surface area contributed by atoms with E-state index in [1.54, 1.807) is 47.2 Å². The summed E-state index contributed by atoms with van der Waals surface area (Å²) in [7, 11) is 0. The summed E-state index contributed by atoms with van der Waals surface area (Å²) >= 11 is 13.6. The maximum Gasteiger partial charge on any atom is 0.277 e. The minimum atomic E-state index is -0.417. The summed E-state index contributed by atoms with van der Waals surface area (Å²) in [6.45, 7) is 0. The topological polar surface area (TPSA) is 52.4 Å². The first-order valence-electron chi connectivity index (χ1n) is 6.50. The lowest BCUT2D eigenvalue weighted by molar-refractivity contribution is -0.384. The molecule has 1 heterocycles. The van der Waals surface area contributed by atoms with Crippen LogP contribution in [0.4, 0.5) is 5.69 Å². The molecule has 116 valence electrons. The first-order valence-corrected chi connectivity index (χ1v) is 8.19. The molecule has 0 amide bonds. The molecular formula is C16H9Cl2NO3S. The molecule has 3 rings (SSSR count). The molecule has 0 aliphatic heterocycles. The zero-order valence-corrected chi connectivity index (χ0v) is 13.9. The molecule has 0 bridgehead atoms. The maximum atomic E-state index is 11.2. The predicted molar refractivity (Wildman–Crippen MR) is 92.9 cm³/mol. The number of nitro benzene ring substituents is 1. The van der Waals surface area contributed by atoms with E-state index in [1.807, 2.05) is 0 Å². The number of nitrogens with zero attached hydrogens (tertiary/aromatic N) is 1. The Morgan fingerprint density at radius 3 is 2.35 bits per heavy atom. The van der Waals surface area contributed by atoms with Crippen LogP contribution < -0.4 is 4.74 Å². The fraction of sp³-hybridized carbons (Fsp3) is 0. The van der Waals surface area contributed by atoms with E-state index in [1.165, 1.54) is 17.4 Å². The summed E-state index contributed by atoms with van der Waals surface area (Å²) < 4.78 is 5.82. The molecule has 0 aliphatic carbocycles. The summed E-state index contributed by atoms with van der Waals surface area (Å²) in [5.41, 5.74) is 1.12. The molecule has 0 spiro atoms. The molecule has 7 heteroatoms. The molecule has 0 radical (unpaired) electrons. The molecule has 0 saturated carbocycles. The molecular weight excluding hydrogens is 357 g/mol. The maximum absolute atomic E-state index is 11.2. The van der Waals surface area contributed by atoms with E-state index in [-0.39, 0.29) is 5.69 Å². The lowest BCUT2D eigenvalue weighted by Crippen LogP contribution is -1.92. The van der Waals surface area contributed by atoms with Gasteiger partial charge < -0.3 is 4.74 Å². The number of hydrogen-bond donors (Lipinski definition) is 0. The quantitative estimate of drug-likeness (QED) is 0.395. The largest absolute Gasteiger partial charge is 0.453 e. The van der Waals surface area contributed by atoms with Gasteiger partial charge in [0.15, 0.2) is 5.75 Å². The Kier molecular flexibility index (Phi) is 4.52. The highest BCUT2D eigenvalue weighted by Crippen LogP contribution is 2.43. The van der Waals surface area contributed by atoms with Crippen molar-refractivity contribution >= 4 is 40.2 Å². The average molecular weight is 366 g/mol. The van der Waals surface area contributed by atoms with Gasteiger partial charge in [-0.3, -0.25) is 10.1 Å². The van der Waals surface area contributed by atoms with Crippen molar-refractivity contribution in [1.29, 1.82) is 0 Å². The first-order chi connectivity index (χ1) is 11.1. The lowest BCUT2D eigenvalue weighted by Gasteiger charge is -2.10. The number of para-hydroxylation sites is 2. The molecule has 2 aromatic carbocycles. The van der Waals surface area contributed by atoms with E-state index in [2.05, 4.69) is 0 Å². The number of hydrogen-bond acceptors (Lipinski definition) is 4. The second-order valence-corrected chi connectivity index (χ2v) is 6.13. The number of benzene rings is 2. The Hall–Kier alpha value is -2.08. The van der Waals surface area contributed by atoms with Crippen LogP contribution in [0.2, 0.25) is 10.0 Å². The number of ether oxygens (including phenoxy) is 1. The van der Waals surface area contributed by atoms with Gasteiger partial charge in [0.2, 0.25) is 0 Å². The Labute approximate surface area is 146 Å². The van der Waals surface area contributed by atoms with Crippen LogP contribution in [0.15, 0.2) is 53.2 Å². The molecule has 3 aromatic rings. The van der Waals surface area contributed by atoms with E-state index in [4.69, 9.17) is 27.9 Å². The first kappa shape index (κ1) is 15.8. The van der Waals surface area contributed by atoms with Gasteiger partial charge in [0.25, 0.3) is 5.69 Å². The zero-order valence-electron chi connectivity index (χ0n) is 11.5. The van der Waals surface area contributed by atoms with Crippen LogP contribution >= 0.6 is 34.5 Å². The molecule has 0 saturated heterocycles. The van der Waals surface area contributed by atoms with Gasteiger partial charge in [0, 0.05) is 22.4 Å². The van der Waals surface area contributed by atoms with E-state index >= 15 is 0 Å². The molecule has 4 nitrogen and oxygen atoms in total. The highest BCUT2D eigenvalue weighted by atomic mass is 35.5. The molecule has 0 unspecified atom stereocenters. The average Bonchev–Trinajstić information content (AvgIpc) is 2.99. The summed E-state index contributed by atoms with van der Waals surface area (Å²) in [5.74, 6) is 0.799. The summed E-state index contributed by atoms with van der Waals surface area (Å²) in [6.07, 6.45) is 0. The molecule has 0 atom stereocenters. The molecule has 23 heavy (non-hydrogen) atoms. The Morgan fingerprint density at radius 2 is 1.65 bits per heavy atom. The van der Waals surface area contributed by atoms with E-state index < -0.39 is 4.92 Å². The van der Waals surface area contributed by atoms with Gasteiger partial charge in [0.05, 0.1) is 20.5 Å². The monoisotopic (exact) mass is 365 g/mol. The van der Waals surface area contributed by atoms with Crippen molar-refractivity contribution in [2.24, 2.45) is 0 Å². The lowest BCUT2D eigenvalue weighted by atomic mass is 10.1. The van der Waals surface area contributed by atoms with Gasteiger partial charge in [-0.1, -0.05) is 41.4 Å². The highest BCUT2D eigenvalue weighted by Gasteiger charge is 2.20. The van der Waals surface area contributed by atoms with Gasteiger partial charge in [0.1, 0.15) is 5.75 Å². The highest BCUT2D eigenvalue weighted by molar-refractivity contribution is 7.08. The number of nitro groups is 1. The van der Waals surface area contributed by atoms with Crippen LogP contribution in [0.25, 0.3) is 11.1 Å². The summed E-state index contributed by atoms with van der Waals surface area (Å²) in [5, 5.41) is 15.5. The van der Waals surface area contributed by atoms with Crippen molar-refractivity contribution in [1.82, 2.24) is 0 Å². The third-order valence-electron chi connectivity index (χ3n) is 3.15. The van der Waals surface area contributed by atoms with E-state index in [9.17, 15) is 10.1 Å². The molecule has 1 aromatic heterocycles. The Morgan fingerprint density at radius 1 is 0.957 bits per heavy atom. The molecule has 0 aliphatic rings. The van der Waals surface area contributed by atoms with Crippen molar-refractivity contribution < 1.29 is 9.66 Å². The van der Waals surface area contributed by atoms with Crippen LogP contribution in [0.5, 0.6) is 11.5 Å². The number of halogens is 2. The van der Waals surface area contributed by atoms with Gasteiger partial charge in [-0.2, -0.15) is 0 Å². The van der Waals surface area contributed by atoms with Crippen molar-refractivity contribution in [3.8, 4) is 22.6 Å². The minimum absolute atomic E-state index is 0.0148. The van der Waals surface area contributed by atoms with Crippen LogP contribution in [-0.4, -0.2) is 4.92 Å². The van der Waals surface area contributed by atoms with Crippen molar-refractivity contribution in [3.05, 3.63) is 73.4 Å². The van der Waals surface area contributed by atoms with E-state index in [0.29, 0.717) is 32.7 Å². The van der Waals surface area contributed by atoms with Gasteiger partial charge in [-0.05, 0) is 18.2 Å². The predicted octanol–water partition coefficient (Wildman–Crippen LogP) is 6.42. The standard InChI is InChI=1S/C16H9Cl2NO3S/c17-12-5-3-6-13(18)16(12)22-15-9-23-8-11(15)10-4-1-2-7-14(10)19(20)21/h1-9H. The fourth-order valence-corrected chi connectivity index (χ4v) is 3.33. The second kappa shape index (κ2) is 6.58. The molecule has 0 N–H and O–H groups in total. The normalized spacial score (nSPS) is 10.5. The third kappa shape index (κ3) is 3.17. The van der Waals surface area contributed by atoms with Crippen LogP contribution in [0.1, 0.15) is 0 Å². The van der Waals surface area contributed by atoms with Crippen molar-refractivity contribution in [3.63, 3.8) is 0 Å². The van der Waals surface area contributed by atoms with Crippen molar-refractivity contribution in [2.75, 3.05) is 0 Å². The summed E-state index contributed by atoms with van der Waals surface area (Å²) in [6, 6.07) is 11.6. The van der Waals surface area contributed by atoms with E-state index in [0.717, 1.165) is 0 Å². The number of rotatable bonds is 4. The van der Waals surface area contributed by atoms with Gasteiger partial charge in [-0.25, -0.2) is 0 Å². The van der Waals surface area contributed by atoms with Crippen LogP contribution in [-0.2, 0) is 0 Å². The number of thiophene rings is 1. The van der Waals surface area contributed by atoms with Gasteiger partial charge >= 0.3 is 0 Å². The Balaban J connectivity index is 2.06. The van der Waals surface area contributed by atoms with Crippen molar-refractivity contribution in [2.45, 2.75) is 0 Å². The summed E-state index contributed by atoms with van der Waals surface area (Å²) in [4.78, 5) is 10.8. The SMILES string of the molecule is O=[N+]([O-])c1ccccc1-c1cscc1Oc1c(Cl)cccc1Cl. The van der Waals surface area contributed by atoms with Gasteiger partial charge in [-0.15, -0.1) is 11.3 Å². The zero-order chi connectivity index (χ0) is 16.4.